The molecule has 61 heavy (non-hydrogen) atoms. The number of fused-ring (bicyclic) bond motifs is 4. The van der Waals surface area contributed by atoms with E-state index in [2.05, 4.69) is 149 Å². The number of benzene rings is 11. The van der Waals surface area contributed by atoms with Gasteiger partial charge in [-0.05, 0) is 115 Å². The molecule has 0 unspecified atom stereocenters. The second-order valence-electron chi connectivity index (χ2n) is 15.8. The normalized spacial score (nSPS) is 11.7. The third-order valence-corrected chi connectivity index (χ3v) is 12.4. The summed E-state index contributed by atoms with van der Waals surface area (Å²) in [4.78, 5) is 2.05. The van der Waals surface area contributed by atoms with Crippen LogP contribution in [-0.2, 0) is 0 Å². The fraction of sp³-hybridized carbons (Fsp3) is 0. The van der Waals surface area contributed by atoms with Crippen LogP contribution in [0.4, 0.5) is 21.5 Å². The van der Waals surface area contributed by atoms with E-state index in [1.807, 2.05) is 78.9 Å². The molecule has 0 amide bonds. The van der Waals surface area contributed by atoms with Crippen LogP contribution in [-0.4, -0.2) is 4.57 Å². The first-order valence-electron chi connectivity index (χ1n) is 20.8. The summed E-state index contributed by atoms with van der Waals surface area (Å²) in [6, 6.07) is 78.2. The van der Waals surface area contributed by atoms with Crippen LogP contribution >= 0.6 is 0 Å². The van der Waals surface area contributed by atoms with Gasteiger partial charge in [0.2, 0.25) is 0 Å². The Labute approximate surface area is 353 Å². The van der Waals surface area contributed by atoms with Crippen LogP contribution in [0.3, 0.4) is 0 Å². The molecule has 1 aromatic heterocycles. The predicted molar refractivity (Wildman–Crippen MR) is 255 cm³/mol. The van der Waals surface area contributed by atoms with Crippen molar-refractivity contribution in [2.45, 2.75) is 0 Å². The molecule has 3 heteroatoms. The van der Waals surface area contributed by atoms with Crippen LogP contribution in [0.1, 0.15) is 0 Å². The summed E-state index contributed by atoms with van der Waals surface area (Å²) in [5, 5.41) is 9.95. The number of hydrogen-bond acceptors (Lipinski definition) is 1. The summed E-state index contributed by atoms with van der Waals surface area (Å²) in [6.45, 7) is 0. The molecule has 0 aliphatic rings. The third kappa shape index (κ3) is 5.62. The van der Waals surface area contributed by atoms with Crippen LogP contribution in [0.15, 0.2) is 224 Å². The Bertz CT molecular complexity index is 3560. The second-order valence-corrected chi connectivity index (χ2v) is 15.8. The van der Waals surface area contributed by atoms with Crippen LogP contribution in [0.2, 0.25) is 0 Å². The van der Waals surface area contributed by atoms with Crippen molar-refractivity contribution in [1.82, 2.24) is 4.57 Å². The van der Waals surface area contributed by atoms with Gasteiger partial charge in [-0.3, -0.25) is 0 Å². The zero-order valence-corrected chi connectivity index (χ0v) is 33.1. The van der Waals surface area contributed by atoms with Gasteiger partial charge in [-0.25, -0.2) is 4.39 Å². The number of halogens is 1. The van der Waals surface area contributed by atoms with Gasteiger partial charge in [0.1, 0.15) is 5.82 Å². The molecule has 0 fully saturated rings. The molecule has 0 atom stereocenters. The van der Waals surface area contributed by atoms with Crippen molar-refractivity contribution < 1.29 is 4.39 Å². The Balaban J connectivity index is 1.03. The van der Waals surface area contributed by atoms with Gasteiger partial charge in [0.15, 0.2) is 0 Å². The maximum Gasteiger partial charge on any atom is 0.148 e. The lowest BCUT2D eigenvalue weighted by Crippen LogP contribution is -2.13. The standard InChI is InChI=1S/C58H37FN2/c59-53-37-43(38-15-5-1-6-16-38)36-51(39-17-7-2-8-18-39)58(53)60(44-19-9-3-10-20-44)46-30-27-40(28-31-46)47-32-29-41-25-26-42-35-52-48-23-13-14-24-54(48)61(45-21-11-4-12-22-45)57(52)50-34-33-49(47)55(41)56(42)50/h1-37H. The van der Waals surface area contributed by atoms with Gasteiger partial charge in [0, 0.05) is 38.8 Å². The van der Waals surface area contributed by atoms with Crippen molar-refractivity contribution in [3.63, 3.8) is 0 Å². The SMILES string of the molecule is Fc1cc(-c2ccccc2)cc(-c2ccccc2)c1N(c1ccccc1)c1ccc(-c2ccc3ccc4cc5c6ccccc6n(-c6ccccc6)c5c5ccc2c3c45)cc1. The van der Waals surface area contributed by atoms with E-state index in [1.54, 1.807) is 6.07 Å². The molecule has 1 heterocycles. The lowest BCUT2D eigenvalue weighted by Gasteiger charge is -2.29. The molecule has 0 spiro atoms. The molecule has 11 aromatic carbocycles. The maximum atomic E-state index is 17.1. The van der Waals surface area contributed by atoms with Crippen molar-refractivity contribution in [1.29, 1.82) is 0 Å². The zero-order chi connectivity index (χ0) is 40.4. The minimum Gasteiger partial charge on any atom is -0.309 e. The smallest absolute Gasteiger partial charge is 0.148 e. The van der Waals surface area contributed by atoms with E-state index >= 15 is 4.39 Å². The Hall–Kier alpha value is -8.01. The van der Waals surface area contributed by atoms with E-state index < -0.39 is 0 Å². The summed E-state index contributed by atoms with van der Waals surface area (Å²) in [5.74, 6) is -0.291. The number of aromatic nitrogens is 1. The van der Waals surface area contributed by atoms with Crippen molar-refractivity contribution in [2.75, 3.05) is 4.90 Å². The highest BCUT2D eigenvalue weighted by atomic mass is 19.1. The minimum absolute atomic E-state index is 0.291. The maximum absolute atomic E-state index is 17.1. The van der Waals surface area contributed by atoms with E-state index in [1.165, 1.54) is 54.1 Å². The monoisotopic (exact) mass is 780 g/mol. The molecule has 2 nitrogen and oxygen atoms in total. The first-order chi connectivity index (χ1) is 30.2. The van der Waals surface area contributed by atoms with Crippen LogP contribution in [0, 0.1) is 5.82 Å². The molecule has 12 rings (SSSR count). The van der Waals surface area contributed by atoms with Crippen LogP contribution < -0.4 is 4.90 Å². The average molecular weight is 781 g/mol. The highest BCUT2D eigenvalue weighted by Gasteiger charge is 2.24. The van der Waals surface area contributed by atoms with Crippen LogP contribution in [0.5, 0.6) is 0 Å². The molecule has 0 saturated heterocycles. The molecule has 0 aliphatic heterocycles. The van der Waals surface area contributed by atoms with Gasteiger partial charge < -0.3 is 9.47 Å². The molecule has 0 radical (unpaired) electrons. The molecule has 0 aliphatic carbocycles. The Morgan fingerprint density at radius 2 is 0.934 bits per heavy atom. The fourth-order valence-electron chi connectivity index (χ4n) is 9.66. The lowest BCUT2D eigenvalue weighted by molar-refractivity contribution is 0.630. The van der Waals surface area contributed by atoms with Crippen molar-refractivity contribution in [3.05, 3.63) is 230 Å². The average Bonchev–Trinajstić information content (AvgIpc) is 3.66. The quantitative estimate of drug-likeness (QED) is 0.146. The van der Waals surface area contributed by atoms with E-state index in [0.717, 1.165) is 50.4 Å². The molecule has 12 aromatic rings. The van der Waals surface area contributed by atoms with Gasteiger partial charge >= 0.3 is 0 Å². The molecule has 0 N–H and O–H groups in total. The second kappa shape index (κ2) is 14.1. The van der Waals surface area contributed by atoms with E-state index in [9.17, 15) is 0 Å². The van der Waals surface area contributed by atoms with Gasteiger partial charge in [-0.2, -0.15) is 0 Å². The Kier molecular flexibility index (Phi) is 8.07. The predicted octanol–water partition coefficient (Wildman–Crippen LogP) is 16.3. The fourth-order valence-corrected chi connectivity index (χ4v) is 9.66. The molecule has 286 valence electrons. The Morgan fingerprint density at radius 1 is 0.361 bits per heavy atom. The van der Waals surface area contributed by atoms with E-state index in [0.29, 0.717) is 5.69 Å². The first kappa shape index (κ1) is 35.0. The Morgan fingerprint density at radius 3 is 1.69 bits per heavy atom. The van der Waals surface area contributed by atoms with Gasteiger partial charge in [-0.1, -0.05) is 164 Å². The summed E-state index contributed by atoms with van der Waals surface area (Å²) < 4.78 is 19.5. The number of hydrogen-bond donors (Lipinski definition) is 0. The number of anilines is 3. The van der Waals surface area contributed by atoms with Gasteiger partial charge in [-0.15, -0.1) is 0 Å². The van der Waals surface area contributed by atoms with E-state index in [-0.39, 0.29) is 5.82 Å². The summed E-state index contributed by atoms with van der Waals surface area (Å²) in [6.07, 6.45) is 0. The topological polar surface area (TPSA) is 8.17 Å². The number of nitrogens with zero attached hydrogens (tertiary/aromatic N) is 2. The van der Waals surface area contributed by atoms with E-state index in [4.69, 9.17) is 0 Å². The highest BCUT2D eigenvalue weighted by molar-refractivity contribution is 6.32. The molecule has 0 saturated carbocycles. The van der Waals surface area contributed by atoms with Crippen molar-refractivity contribution in [3.8, 4) is 39.1 Å². The zero-order valence-electron chi connectivity index (χ0n) is 33.1. The third-order valence-electron chi connectivity index (χ3n) is 12.4. The number of para-hydroxylation sites is 3. The van der Waals surface area contributed by atoms with Crippen molar-refractivity contribution in [2.24, 2.45) is 0 Å². The molecular weight excluding hydrogens is 744 g/mol. The van der Waals surface area contributed by atoms with Crippen LogP contribution in [0.25, 0.3) is 93.2 Å². The van der Waals surface area contributed by atoms with Gasteiger partial charge in [0.25, 0.3) is 0 Å². The highest BCUT2D eigenvalue weighted by Crippen LogP contribution is 2.47. The largest absolute Gasteiger partial charge is 0.309 e. The number of rotatable bonds is 7. The summed E-state index contributed by atoms with van der Waals surface area (Å²) in [7, 11) is 0. The lowest BCUT2D eigenvalue weighted by atomic mass is 9.89. The first-order valence-corrected chi connectivity index (χ1v) is 20.8. The van der Waals surface area contributed by atoms with Gasteiger partial charge in [0.05, 0.1) is 16.7 Å². The minimum atomic E-state index is -0.291. The summed E-state index contributed by atoms with van der Waals surface area (Å²) >= 11 is 0. The molecule has 0 bridgehead atoms. The molecular formula is C58H37FN2. The van der Waals surface area contributed by atoms with Crippen molar-refractivity contribution >= 4 is 71.2 Å². The summed E-state index contributed by atoms with van der Waals surface area (Å²) in [5.41, 5.74) is 11.7.